The van der Waals surface area contributed by atoms with Crippen molar-refractivity contribution in [1.82, 2.24) is 0 Å². The van der Waals surface area contributed by atoms with Gasteiger partial charge in [0, 0.05) is 14.2 Å². The maximum atomic E-state index is 11.5. The molecule has 3 saturated carbocycles. The Morgan fingerprint density at radius 2 is 1.73 bits per heavy atom. The standard InChI is InChI=1S/C32H56O5/c1-21(10-9-17-29(2,3)34)23-13-14-24-22-11-12-26-28(33)27(37-20-32(6,35-7)36-8)16-19-31(26,5)25(22)15-18-30(23,24)4/h12,21-25,27-28,33-34H,9-11,13-20H2,1-8H3/t21-,22+,23-,24+,25+,27+,28-,30-,31-/m1/s1. The number of hydrogen-bond donors (Lipinski definition) is 2. The van der Waals surface area contributed by atoms with Crippen LogP contribution < -0.4 is 0 Å². The molecule has 2 N–H and O–H groups in total. The summed E-state index contributed by atoms with van der Waals surface area (Å²) < 4.78 is 17.1. The second kappa shape index (κ2) is 10.8. The summed E-state index contributed by atoms with van der Waals surface area (Å²) in [6.07, 6.45) is 13.3. The van der Waals surface area contributed by atoms with Crippen molar-refractivity contribution < 1.29 is 24.4 Å². The highest BCUT2D eigenvalue weighted by atomic mass is 16.7. The van der Waals surface area contributed by atoms with Crippen LogP contribution in [-0.4, -0.2) is 54.6 Å². The largest absolute Gasteiger partial charge is 0.390 e. The van der Waals surface area contributed by atoms with E-state index in [0.29, 0.717) is 17.9 Å². The van der Waals surface area contributed by atoms with Gasteiger partial charge in [0.2, 0.25) is 0 Å². The maximum Gasteiger partial charge on any atom is 0.188 e. The van der Waals surface area contributed by atoms with Gasteiger partial charge in [-0.2, -0.15) is 0 Å². The third-order valence-corrected chi connectivity index (χ3v) is 11.8. The van der Waals surface area contributed by atoms with Crippen LogP contribution in [0.2, 0.25) is 0 Å². The second-order valence-electron chi connectivity index (χ2n) is 14.5. The summed E-state index contributed by atoms with van der Waals surface area (Å²) in [5, 5.41) is 21.6. The fourth-order valence-electron chi connectivity index (χ4n) is 9.37. The van der Waals surface area contributed by atoms with Crippen LogP contribution in [0.3, 0.4) is 0 Å². The van der Waals surface area contributed by atoms with E-state index < -0.39 is 17.5 Å². The van der Waals surface area contributed by atoms with Crippen LogP contribution in [0, 0.1) is 40.4 Å². The first kappa shape index (κ1) is 29.5. The van der Waals surface area contributed by atoms with E-state index >= 15 is 0 Å². The molecule has 4 aliphatic rings. The number of aliphatic hydroxyl groups is 2. The Hall–Kier alpha value is -0.460. The molecule has 0 aromatic carbocycles. The van der Waals surface area contributed by atoms with Crippen LogP contribution in [0.4, 0.5) is 0 Å². The molecule has 0 radical (unpaired) electrons. The summed E-state index contributed by atoms with van der Waals surface area (Å²) in [5.74, 6) is 2.91. The number of hydrogen-bond acceptors (Lipinski definition) is 5. The van der Waals surface area contributed by atoms with Crippen molar-refractivity contribution in [2.75, 3.05) is 20.8 Å². The van der Waals surface area contributed by atoms with Crippen LogP contribution in [0.1, 0.15) is 106 Å². The fraction of sp³-hybridized carbons (Fsp3) is 0.938. The molecule has 0 aliphatic heterocycles. The zero-order valence-corrected chi connectivity index (χ0v) is 25.0. The van der Waals surface area contributed by atoms with E-state index in [-0.39, 0.29) is 11.5 Å². The summed E-state index contributed by atoms with van der Waals surface area (Å²) in [6, 6.07) is 0. The van der Waals surface area contributed by atoms with Crippen LogP contribution in [0.15, 0.2) is 11.6 Å². The number of fused-ring (bicyclic) bond motifs is 5. The zero-order chi connectivity index (χ0) is 27.2. The Balaban J connectivity index is 1.44. The minimum atomic E-state index is -0.787. The molecule has 37 heavy (non-hydrogen) atoms. The van der Waals surface area contributed by atoms with E-state index in [0.717, 1.165) is 55.8 Å². The minimum Gasteiger partial charge on any atom is -0.390 e. The van der Waals surface area contributed by atoms with Crippen molar-refractivity contribution in [2.24, 2.45) is 40.4 Å². The van der Waals surface area contributed by atoms with Gasteiger partial charge in [0.1, 0.15) is 12.7 Å². The molecule has 0 amide bonds. The third-order valence-electron chi connectivity index (χ3n) is 11.8. The van der Waals surface area contributed by atoms with E-state index in [4.69, 9.17) is 14.2 Å². The lowest BCUT2D eigenvalue weighted by molar-refractivity contribution is -0.237. The van der Waals surface area contributed by atoms with Gasteiger partial charge in [-0.3, -0.25) is 0 Å². The molecule has 0 heterocycles. The fourth-order valence-corrected chi connectivity index (χ4v) is 9.37. The van der Waals surface area contributed by atoms with Gasteiger partial charge in [0.15, 0.2) is 5.79 Å². The Bertz CT molecular complexity index is 812. The summed E-state index contributed by atoms with van der Waals surface area (Å²) in [6.45, 7) is 13.6. The number of aliphatic hydroxyl groups excluding tert-OH is 1. The predicted octanol–water partition coefficient (Wildman–Crippen LogP) is 6.51. The Morgan fingerprint density at radius 3 is 2.38 bits per heavy atom. The van der Waals surface area contributed by atoms with Gasteiger partial charge in [-0.05, 0) is 118 Å². The van der Waals surface area contributed by atoms with Gasteiger partial charge in [0.05, 0.1) is 11.7 Å². The van der Waals surface area contributed by atoms with Crippen LogP contribution in [-0.2, 0) is 14.2 Å². The second-order valence-corrected chi connectivity index (χ2v) is 14.5. The van der Waals surface area contributed by atoms with Crippen LogP contribution in [0.25, 0.3) is 0 Å². The lowest BCUT2D eigenvalue weighted by Gasteiger charge is -2.59. The van der Waals surface area contributed by atoms with E-state index in [9.17, 15) is 10.2 Å². The van der Waals surface area contributed by atoms with Crippen molar-refractivity contribution in [1.29, 1.82) is 0 Å². The molecule has 0 unspecified atom stereocenters. The molecule has 5 nitrogen and oxygen atoms in total. The molecule has 4 aliphatic carbocycles. The Labute approximate surface area is 226 Å². The van der Waals surface area contributed by atoms with E-state index in [1.54, 1.807) is 14.2 Å². The van der Waals surface area contributed by atoms with Crippen molar-refractivity contribution in [2.45, 2.75) is 129 Å². The highest BCUT2D eigenvalue weighted by Crippen LogP contribution is 2.67. The first-order chi connectivity index (χ1) is 17.3. The molecular formula is C32H56O5. The molecule has 0 saturated heterocycles. The van der Waals surface area contributed by atoms with Crippen molar-refractivity contribution >= 4 is 0 Å². The summed E-state index contributed by atoms with van der Waals surface area (Å²) in [4.78, 5) is 0. The molecule has 5 heteroatoms. The van der Waals surface area contributed by atoms with E-state index in [2.05, 4.69) is 26.8 Å². The lowest BCUT2D eigenvalue weighted by Crippen LogP contribution is -2.54. The number of ether oxygens (including phenoxy) is 3. The topological polar surface area (TPSA) is 68.2 Å². The van der Waals surface area contributed by atoms with Crippen molar-refractivity contribution in [3.63, 3.8) is 0 Å². The molecule has 0 bridgehead atoms. The van der Waals surface area contributed by atoms with Crippen molar-refractivity contribution in [3.05, 3.63) is 11.6 Å². The monoisotopic (exact) mass is 520 g/mol. The van der Waals surface area contributed by atoms with Gasteiger partial charge in [-0.15, -0.1) is 0 Å². The van der Waals surface area contributed by atoms with Gasteiger partial charge in [-0.1, -0.05) is 39.7 Å². The molecule has 0 spiro atoms. The Morgan fingerprint density at radius 1 is 1.03 bits per heavy atom. The summed E-state index contributed by atoms with van der Waals surface area (Å²) >= 11 is 0. The number of rotatable bonds is 10. The molecule has 4 rings (SSSR count). The van der Waals surface area contributed by atoms with Gasteiger partial charge in [0.25, 0.3) is 0 Å². The van der Waals surface area contributed by atoms with Gasteiger partial charge in [-0.25, -0.2) is 0 Å². The van der Waals surface area contributed by atoms with Crippen molar-refractivity contribution in [3.8, 4) is 0 Å². The molecule has 0 aromatic rings. The van der Waals surface area contributed by atoms with Crippen LogP contribution in [0.5, 0.6) is 0 Å². The van der Waals surface area contributed by atoms with Gasteiger partial charge < -0.3 is 24.4 Å². The first-order valence-electron chi connectivity index (χ1n) is 15.1. The minimum absolute atomic E-state index is 0.0751. The average Bonchev–Trinajstić information content (AvgIpc) is 3.20. The molecular weight excluding hydrogens is 464 g/mol. The SMILES string of the molecule is COC(C)(CO[C@H]1CC[C@@]2(C)C(=CC[C@H]3[C@@H]4CC[C@H]([C@H](C)CCCC(C)(C)O)[C@@]4(C)CC[C@@H]32)[C@H]1O)OC. The molecule has 0 aromatic heterocycles. The number of allylic oxidation sites excluding steroid dienone is 1. The first-order valence-corrected chi connectivity index (χ1v) is 15.1. The van der Waals surface area contributed by atoms with E-state index in [1.807, 2.05) is 20.8 Å². The highest BCUT2D eigenvalue weighted by molar-refractivity contribution is 5.29. The molecule has 3 fully saturated rings. The Kier molecular flexibility index (Phi) is 8.65. The number of methoxy groups -OCH3 is 2. The summed E-state index contributed by atoms with van der Waals surface area (Å²) in [5.41, 5.74) is 1.19. The smallest absolute Gasteiger partial charge is 0.188 e. The highest BCUT2D eigenvalue weighted by Gasteiger charge is 2.60. The quantitative estimate of drug-likeness (QED) is 0.254. The lowest BCUT2D eigenvalue weighted by atomic mass is 9.46. The normalized spacial score (nSPS) is 41.0. The van der Waals surface area contributed by atoms with Crippen LogP contribution >= 0.6 is 0 Å². The molecule has 9 atom stereocenters. The van der Waals surface area contributed by atoms with Gasteiger partial charge >= 0.3 is 0 Å². The zero-order valence-electron chi connectivity index (χ0n) is 25.0. The average molecular weight is 521 g/mol. The maximum absolute atomic E-state index is 11.5. The summed E-state index contributed by atoms with van der Waals surface area (Å²) in [7, 11) is 3.26. The third kappa shape index (κ3) is 5.59. The predicted molar refractivity (Wildman–Crippen MR) is 148 cm³/mol. The van der Waals surface area contributed by atoms with E-state index in [1.165, 1.54) is 37.7 Å². The molecule has 214 valence electrons.